The monoisotopic (exact) mass is 246 g/mol. The van der Waals surface area contributed by atoms with Crippen LogP contribution in [-0.2, 0) is 18.4 Å². The molecule has 94 valence electrons. The van der Waals surface area contributed by atoms with Crippen molar-refractivity contribution in [3.05, 3.63) is 42.5 Å². The molecule has 0 aliphatic carbocycles. The Balaban J connectivity index is 2.21. The van der Waals surface area contributed by atoms with Crippen LogP contribution in [0.15, 0.2) is 36.7 Å². The predicted octanol–water partition coefficient (Wildman–Crippen LogP) is 0.906. The number of carboxylic acids is 1. The van der Waals surface area contributed by atoms with Crippen LogP contribution < -0.4 is 4.90 Å². The van der Waals surface area contributed by atoms with E-state index in [1.165, 1.54) is 0 Å². The van der Waals surface area contributed by atoms with Gasteiger partial charge in [0.15, 0.2) is 5.82 Å². The van der Waals surface area contributed by atoms with Crippen molar-refractivity contribution >= 4 is 11.7 Å². The van der Waals surface area contributed by atoms with Crippen molar-refractivity contribution in [2.24, 2.45) is 7.05 Å². The lowest BCUT2D eigenvalue weighted by molar-refractivity contribution is -0.135. The van der Waals surface area contributed by atoms with Gasteiger partial charge in [0.1, 0.15) is 12.9 Å². The summed E-state index contributed by atoms with van der Waals surface area (Å²) in [5, 5.41) is 16.7. The van der Waals surface area contributed by atoms with Gasteiger partial charge in [-0.1, -0.05) is 18.2 Å². The maximum atomic E-state index is 10.9. The van der Waals surface area contributed by atoms with Crippen LogP contribution in [0, 0.1) is 0 Å². The Hall–Kier alpha value is -2.37. The molecule has 0 unspecified atom stereocenters. The minimum absolute atomic E-state index is 0.0725. The molecule has 0 aliphatic rings. The molecule has 0 amide bonds. The molecule has 2 aromatic rings. The van der Waals surface area contributed by atoms with Crippen LogP contribution in [0.25, 0.3) is 0 Å². The van der Waals surface area contributed by atoms with Gasteiger partial charge in [-0.05, 0) is 12.1 Å². The highest BCUT2D eigenvalue weighted by Crippen LogP contribution is 2.15. The maximum absolute atomic E-state index is 10.9. The summed E-state index contributed by atoms with van der Waals surface area (Å²) in [4.78, 5) is 12.7. The van der Waals surface area contributed by atoms with E-state index < -0.39 is 5.97 Å². The SMILES string of the molecule is Cn1cnnc1CN(CC(=O)O)c1ccccc1. The fourth-order valence-corrected chi connectivity index (χ4v) is 1.66. The number of hydrogen-bond acceptors (Lipinski definition) is 4. The van der Waals surface area contributed by atoms with Gasteiger partial charge in [0.2, 0.25) is 0 Å². The number of nitrogens with zero attached hydrogens (tertiary/aromatic N) is 4. The number of anilines is 1. The van der Waals surface area contributed by atoms with Gasteiger partial charge in [-0.15, -0.1) is 10.2 Å². The Morgan fingerprint density at radius 1 is 1.39 bits per heavy atom. The molecular formula is C12H14N4O2. The zero-order valence-electron chi connectivity index (χ0n) is 10.0. The molecular weight excluding hydrogens is 232 g/mol. The Labute approximate surface area is 104 Å². The lowest BCUT2D eigenvalue weighted by Crippen LogP contribution is -2.30. The number of carbonyl (C=O) groups is 1. The molecule has 1 heterocycles. The summed E-state index contributed by atoms with van der Waals surface area (Å²) in [6, 6.07) is 9.39. The van der Waals surface area contributed by atoms with Crippen molar-refractivity contribution in [3.63, 3.8) is 0 Å². The molecule has 18 heavy (non-hydrogen) atoms. The van der Waals surface area contributed by atoms with E-state index in [0.717, 1.165) is 11.5 Å². The van der Waals surface area contributed by atoms with Crippen LogP contribution in [-0.4, -0.2) is 32.4 Å². The molecule has 0 bridgehead atoms. The zero-order valence-corrected chi connectivity index (χ0v) is 10.0. The number of para-hydroxylation sites is 1. The average Bonchev–Trinajstić information content (AvgIpc) is 2.75. The molecule has 0 fully saturated rings. The number of hydrogen-bond donors (Lipinski definition) is 1. The first-order valence-corrected chi connectivity index (χ1v) is 5.51. The Morgan fingerprint density at radius 3 is 2.67 bits per heavy atom. The van der Waals surface area contributed by atoms with Gasteiger partial charge in [0.05, 0.1) is 6.54 Å². The van der Waals surface area contributed by atoms with Crippen LogP contribution in [0.4, 0.5) is 5.69 Å². The summed E-state index contributed by atoms with van der Waals surface area (Å²) in [7, 11) is 1.83. The normalized spacial score (nSPS) is 10.3. The highest BCUT2D eigenvalue weighted by Gasteiger charge is 2.13. The molecule has 1 N–H and O–H groups in total. The van der Waals surface area contributed by atoms with Gasteiger partial charge >= 0.3 is 5.97 Å². The number of carboxylic acid groups (broad SMARTS) is 1. The third-order valence-corrected chi connectivity index (χ3v) is 2.58. The van der Waals surface area contributed by atoms with Gasteiger partial charge in [-0.2, -0.15) is 0 Å². The molecule has 6 heteroatoms. The summed E-state index contributed by atoms with van der Waals surface area (Å²) >= 11 is 0. The van der Waals surface area contributed by atoms with E-state index in [-0.39, 0.29) is 6.54 Å². The van der Waals surface area contributed by atoms with E-state index in [2.05, 4.69) is 10.2 Å². The van der Waals surface area contributed by atoms with Gasteiger partial charge in [0.25, 0.3) is 0 Å². The van der Waals surface area contributed by atoms with Crippen molar-refractivity contribution in [1.82, 2.24) is 14.8 Å². The molecule has 6 nitrogen and oxygen atoms in total. The Kier molecular flexibility index (Phi) is 3.57. The maximum Gasteiger partial charge on any atom is 0.323 e. The van der Waals surface area contributed by atoms with E-state index in [4.69, 9.17) is 5.11 Å². The van der Waals surface area contributed by atoms with Crippen molar-refractivity contribution in [2.45, 2.75) is 6.54 Å². The van der Waals surface area contributed by atoms with Crippen LogP contribution in [0.1, 0.15) is 5.82 Å². The van der Waals surface area contributed by atoms with Crippen molar-refractivity contribution < 1.29 is 9.90 Å². The summed E-state index contributed by atoms with van der Waals surface area (Å²) in [5.74, 6) is -0.152. The molecule has 0 aliphatic heterocycles. The zero-order chi connectivity index (χ0) is 13.0. The van der Waals surface area contributed by atoms with E-state index in [0.29, 0.717) is 6.54 Å². The summed E-state index contributed by atoms with van der Waals surface area (Å²) in [5.41, 5.74) is 0.850. The van der Waals surface area contributed by atoms with Gasteiger partial charge < -0.3 is 14.6 Å². The minimum atomic E-state index is -0.874. The summed E-state index contributed by atoms with van der Waals surface area (Å²) in [6.45, 7) is 0.337. The largest absolute Gasteiger partial charge is 0.480 e. The van der Waals surface area contributed by atoms with E-state index in [1.54, 1.807) is 15.8 Å². The number of aryl methyl sites for hydroxylation is 1. The Morgan fingerprint density at radius 2 is 2.11 bits per heavy atom. The van der Waals surface area contributed by atoms with Crippen LogP contribution in [0.3, 0.4) is 0 Å². The third-order valence-electron chi connectivity index (χ3n) is 2.58. The first-order valence-electron chi connectivity index (χ1n) is 5.51. The second kappa shape index (κ2) is 5.31. The van der Waals surface area contributed by atoms with Crippen molar-refractivity contribution in [3.8, 4) is 0 Å². The van der Waals surface area contributed by atoms with E-state index in [1.807, 2.05) is 37.4 Å². The molecule has 1 aromatic heterocycles. The third kappa shape index (κ3) is 2.85. The second-order valence-electron chi connectivity index (χ2n) is 3.94. The van der Waals surface area contributed by atoms with Crippen molar-refractivity contribution in [1.29, 1.82) is 0 Å². The standard InChI is InChI=1S/C12H14N4O2/c1-15-9-13-14-11(15)7-16(8-12(17)18)10-5-3-2-4-6-10/h2-6,9H,7-8H2,1H3,(H,17,18). The number of aliphatic carboxylic acids is 1. The van der Waals surface area contributed by atoms with Gasteiger partial charge in [0, 0.05) is 12.7 Å². The molecule has 1 aromatic carbocycles. The van der Waals surface area contributed by atoms with Gasteiger partial charge in [-0.25, -0.2) is 0 Å². The number of benzene rings is 1. The fourth-order valence-electron chi connectivity index (χ4n) is 1.66. The molecule has 0 atom stereocenters. The van der Waals surface area contributed by atoms with Gasteiger partial charge in [-0.3, -0.25) is 4.79 Å². The lowest BCUT2D eigenvalue weighted by Gasteiger charge is -2.22. The summed E-state index contributed by atoms with van der Waals surface area (Å²) in [6.07, 6.45) is 1.60. The first kappa shape index (κ1) is 12.1. The van der Waals surface area contributed by atoms with Crippen LogP contribution in [0.5, 0.6) is 0 Å². The number of aromatic nitrogens is 3. The number of rotatable bonds is 5. The quantitative estimate of drug-likeness (QED) is 0.849. The highest BCUT2D eigenvalue weighted by molar-refractivity contribution is 5.73. The second-order valence-corrected chi connectivity index (χ2v) is 3.94. The molecule has 2 rings (SSSR count). The summed E-state index contributed by atoms with van der Waals surface area (Å²) < 4.78 is 1.78. The van der Waals surface area contributed by atoms with Crippen LogP contribution >= 0.6 is 0 Å². The van der Waals surface area contributed by atoms with Crippen LogP contribution in [0.2, 0.25) is 0 Å². The molecule has 0 radical (unpaired) electrons. The first-order chi connectivity index (χ1) is 8.66. The smallest absolute Gasteiger partial charge is 0.323 e. The molecule has 0 saturated carbocycles. The van der Waals surface area contributed by atoms with E-state index >= 15 is 0 Å². The molecule has 0 saturated heterocycles. The average molecular weight is 246 g/mol. The van der Waals surface area contributed by atoms with Crippen molar-refractivity contribution in [2.75, 3.05) is 11.4 Å². The van der Waals surface area contributed by atoms with E-state index in [9.17, 15) is 4.79 Å². The lowest BCUT2D eigenvalue weighted by atomic mass is 10.3. The topological polar surface area (TPSA) is 71.2 Å². The predicted molar refractivity (Wildman–Crippen MR) is 66.1 cm³/mol. The fraction of sp³-hybridized carbons (Fsp3) is 0.250. The Bertz CT molecular complexity index is 524. The minimum Gasteiger partial charge on any atom is -0.480 e. The molecule has 0 spiro atoms. The highest BCUT2D eigenvalue weighted by atomic mass is 16.4.